The highest BCUT2D eigenvalue weighted by Gasteiger charge is 2.12. The van der Waals surface area contributed by atoms with Gasteiger partial charge in [0.05, 0.1) is 0 Å². The zero-order valence-corrected chi connectivity index (χ0v) is 7.89. The summed E-state index contributed by atoms with van der Waals surface area (Å²) in [5, 5.41) is 2.06. The van der Waals surface area contributed by atoms with Crippen molar-refractivity contribution in [3.63, 3.8) is 0 Å². The van der Waals surface area contributed by atoms with Gasteiger partial charge in [-0.3, -0.25) is 4.90 Å². The molecule has 2 nitrogen and oxygen atoms in total. The number of thiophene rings is 1. The summed E-state index contributed by atoms with van der Waals surface area (Å²) in [4.78, 5) is 3.30. The third kappa shape index (κ3) is 2.02. The van der Waals surface area contributed by atoms with Crippen molar-refractivity contribution >= 4 is 11.3 Å². The average Bonchev–Trinajstić information content (AvgIpc) is 2.40. The minimum atomic E-state index is 0.106. The predicted octanol–water partition coefficient (Wildman–Crippen LogP) is 1.95. The third-order valence-corrected chi connectivity index (χ3v) is 2.38. The minimum absolute atomic E-state index is 0.106. The van der Waals surface area contributed by atoms with Crippen LogP contribution in [0.25, 0.3) is 0 Å². The van der Waals surface area contributed by atoms with Gasteiger partial charge in [-0.1, -0.05) is 6.07 Å². The van der Waals surface area contributed by atoms with Crippen LogP contribution in [0.4, 0.5) is 0 Å². The van der Waals surface area contributed by atoms with E-state index in [2.05, 4.69) is 11.4 Å². The Morgan fingerprint density at radius 3 is 2.64 bits per heavy atom. The lowest BCUT2D eigenvalue weighted by Gasteiger charge is -2.20. The molecular weight excluding hydrogens is 158 g/mol. The summed E-state index contributed by atoms with van der Waals surface area (Å²) >= 11 is 1.72. The maximum atomic E-state index is 5.29. The van der Waals surface area contributed by atoms with E-state index in [4.69, 9.17) is 4.74 Å². The van der Waals surface area contributed by atoms with Crippen molar-refractivity contribution < 1.29 is 4.74 Å². The minimum Gasteiger partial charge on any atom is -0.361 e. The Labute approximate surface area is 71.4 Å². The van der Waals surface area contributed by atoms with Crippen LogP contribution >= 0.6 is 11.3 Å². The van der Waals surface area contributed by atoms with Gasteiger partial charge in [0, 0.05) is 12.0 Å². The van der Waals surface area contributed by atoms with Crippen LogP contribution in [-0.2, 0) is 4.74 Å². The zero-order valence-electron chi connectivity index (χ0n) is 7.07. The molecule has 1 heterocycles. The van der Waals surface area contributed by atoms with Crippen molar-refractivity contribution in [1.82, 2.24) is 4.90 Å². The van der Waals surface area contributed by atoms with Gasteiger partial charge in [-0.2, -0.15) is 0 Å². The molecule has 0 aliphatic rings. The Morgan fingerprint density at radius 2 is 2.27 bits per heavy atom. The molecule has 0 radical (unpaired) electrons. The second-order valence-electron chi connectivity index (χ2n) is 2.57. The average molecular weight is 171 g/mol. The molecule has 62 valence electrons. The van der Waals surface area contributed by atoms with Crippen molar-refractivity contribution in [2.24, 2.45) is 0 Å². The number of ether oxygens (including phenoxy) is 1. The molecular formula is C8H13NOS. The van der Waals surface area contributed by atoms with Crippen LogP contribution in [0.5, 0.6) is 0 Å². The second kappa shape index (κ2) is 3.85. The Hall–Kier alpha value is -0.380. The molecule has 3 heteroatoms. The molecule has 0 aliphatic carbocycles. The van der Waals surface area contributed by atoms with Crippen LogP contribution in [0.15, 0.2) is 17.5 Å². The summed E-state index contributed by atoms with van der Waals surface area (Å²) in [5.41, 5.74) is 0. The molecule has 0 bridgehead atoms. The Balaban J connectivity index is 2.71. The molecule has 1 unspecified atom stereocenters. The van der Waals surface area contributed by atoms with Crippen LogP contribution in [0, 0.1) is 0 Å². The van der Waals surface area contributed by atoms with Crippen LogP contribution in [0.3, 0.4) is 0 Å². The Morgan fingerprint density at radius 1 is 1.55 bits per heavy atom. The van der Waals surface area contributed by atoms with E-state index in [1.54, 1.807) is 18.4 Å². The molecule has 0 saturated carbocycles. The van der Waals surface area contributed by atoms with Crippen molar-refractivity contribution in [1.29, 1.82) is 0 Å². The summed E-state index contributed by atoms with van der Waals surface area (Å²) < 4.78 is 5.29. The van der Waals surface area contributed by atoms with Gasteiger partial charge in [-0.05, 0) is 25.5 Å². The smallest absolute Gasteiger partial charge is 0.145 e. The topological polar surface area (TPSA) is 12.5 Å². The van der Waals surface area contributed by atoms with E-state index in [0.29, 0.717) is 0 Å². The van der Waals surface area contributed by atoms with E-state index in [9.17, 15) is 0 Å². The van der Waals surface area contributed by atoms with Gasteiger partial charge < -0.3 is 4.74 Å². The zero-order chi connectivity index (χ0) is 8.27. The monoisotopic (exact) mass is 171 g/mol. The molecule has 0 N–H and O–H groups in total. The molecule has 1 rings (SSSR count). The molecule has 1 aromatic heterocycles. The number of hydrogen-bond donors (Lipinski definition) is 0. The van der Waals surface area contributed by atoms with Gasteiger partial charge in [-0.25, -0.2) is 0 Å². The van der Waals surface area contributed by atoms with Gasteiger partial charge in [-0.15, -0.1) is 11.3 Å². The molecule has 0 saturated heterocycles. The van der Waals surface area contributed by atoms with Crippen molar-refractivity contribution in [2.45, 2.75) is 6.23 Å². The van der Waals surface area contributed by atoms with E-state index in [1.807, 2.05) is 25.1 Å². The van der Waals surface area contributed by atoms with Crippen LogP contribution in [0.2, 0.25) is 0 Å². The first-order valence-electron chi connectivity index (χ1n) is 3.48. The number of rotatable bonds is 3. The van der Waals surface area contributed by atoms with Gasteiger partial charge in [0.2, 0.25) is 0 Å². The number of hydrogen-bond acceptors (Lipinski definition) is 3. The first kappa shape index (κ1) is 8.71. The molecule has 0 aliphatic heterocycles. The van der Waals surface area contributed by atoms with E-state index < -0.39 is 0 Å². The predicted molar refractivity (Wildman–Crippen MR) is 47.8 cm³/mol. The van der Waals surface area contributed by atoms with Crippen LogP contribution in [0.1, 0.15) is 11.1 Å². The summed E-state index contributed by atoms with van der Waals surface area (Å²) in [5.74, 6) is 0. The molecule has 0 amide bonds. The van der Waals surface area contributed by atoms with Gasteiger partial charge in [0.15, 0.2) is 0 Å². The molecule has 0 aromatic carbocycles. The fourth-order valence-corrected chi connectivity index (χ4v) is 1.91. The fraction of sp³-hybridized carbons (Fsp3) is 0.500. The lowest BCUT2D eigenvalue weighted by molar-refractivity contribution is -0.00269. The molecule has 0 spiro atoms. The quantitative estimate of drug-likeness (QED) is 0.644. The second-order valence-corrected chi connectivity index (χ2v) is 3.55. The highest BCUT2D eigenvalue weighted by Crippen LogP contribution is 2.22. The Kier molecular flexibility index (Phi) is 3.05. The van der Waals surface area contributed by atoms with E-state index >= 15 is 0 Å². The van der Waals surface area contributed by atoms with Gasteiger partial charge >= 0.3 is 0 Å². The summed E-state index contributed by atoms with van der Waals surface area (Å²) in [6, 6.07) is 4.12. The highest BCUT2D eigenvalue weighted by atomic mass is 32.1. The number of methoxy groups -OCH3 is 1. The third-order valence-electron chi connectivity index (χ3n) is 1.48. The van der Waals surface area contributed by atoms with Crippen molar-refractivity contribution in [2.75, 3.05) is 21.2 Å². The van der Waals surface area contributed by atoms with Crippen LogP contribution in [-0.4, -0.2) is 26.1 Å². The number of nitrogens with zero attached hydrogens (tertiary/aromatic N) is 1. The maximum Gasteiger partial charge on any atom is 0.145 e. The molecule has 1 aromatic rings. The molecule has 1 atom stereocenters. The lowest BCUT2D eigenvalue weighted by Crippen LogP contribution is -2.20. The van der Waals surface area contributed by atoms with Gasteiger partial charge in [0.25, 0.3) is 0 Å². The summed E-state index contributed by atoms with van der Waals surface area (Å²) in [6.07, 6.45) is 0.106. The van der Waals surface area contributed by atoms with E-state index in [1.165, 1.54) is 4.88 Å². The summed E-state index contributed by atoms with van der Waals surface area (Å²) in [7, 11) is 5.74. The normalized spacial score (nSPS) is 13.8. The van der Waals surface area contributed by atoms with Crippen molar-refractivity contribution in [3.8, 4) is 0 Å². The first-order valence-corrected chi connectivity index (χ1v) is 4.36. The fourth-order valence-electron chi connectivity index (χ4n) is 1.01. The van der Waals surface area contributed by atoms with Crippen LogP contribution < -0.4 is 0 Å². The SMILES string of the molecule is COC(c1cccs1)N(C)C. The van der Waals surface area contributed by atoms with Gasteiger partial charge in [0.1, 0.15) is 6.23 Å². The highest BCUT2D eigenvalue weighted by molar-refractivity contribution is 7.10. The van der Waals surface area contributed by atoms with E-state index in [-0.39, 0.29) is 6.23 Å². The Bertz CT molecular complexity index is 196. The first-order chi connectivity index (χ1) is 5.25. The van der Waals surface area contributed by atoms with Crippen molar-refractivity contribution in [3.05, 3.63) is 22.4 Å². The molecule has 0 fully saturated rings. The summed E-state index contributed by atoms with van der Waals surface area (Å²) in [6.45, 7) is 0. The standard InChI is InChI=1S/C8H13NOS/c1-9(2)8(10-3)7-5-4-6-11-7/h4-6,8H,1-3H3. The maximum absolute atomic E-state index is 5.29. The molecule has 11 heavy (non-hydrogen) atoms. The lowest BCUT2D eigenvalue weighted by atomic mass is 10.4. The largest absolute Gasteiger partial charge is 0.361 e. The van der Waals surface area contributed by atoms with E-state index in [0.717, 1.165) is 0 Å².